The van der Waals surface area contributed by atoms with E-state index in [4.69, 9.17) is 9.47 Å². The summed E-state index contributed by atoms with van der Waals surface area (Å²) in [5.41, 5.74) is 2.68. The standard InChI is InChI=1S/C23H25N3O4/c1-4-29-22(27)19(23(28)30-5-2)18-20(16-12-8-6-9-13-16)24-26(3)25-21(18)17-14-10-7-11-15-17/h6-15,18-19H,4-5H2,1-3H3. The summed E-state index contributed by atoms with van der Waals surface area (Å²) in [5, 5.41) is 10.6. The third-order valence-corrected chi connectivity index (χ3v) is 4.65. The lowest BCUT2D eigenvalue weighted by atomic mass is 9.78. The lowest BCUT2D eigenvalue weighted by Crippen LogP contribution is -2.45. The van der Waals surface area contributed by atoms with E-state index in [1.165, 1.54) is 5.12 Å². The Morgan fingerprint density at radius 3 is 1.60 bits per heavy atom. The van der Waals surface area contributed by atoms with Gasteiger partial charge in [0.25, 0.3) is 0 Å². The molecular formula is C23H25N3O4. The van der Waals surface area contributed by atoms with Crippen molar-refractivity contribution in [3.8, 4) is 0 Å². The van der Waals surface area contributed by atoms with Gasteiger partial charge in [-0.25, -0.2) is 0 Å². The molecule has 0 atom stereocenters. The number of hydrazone groups is 2. The molecule has 7 nitrogen and oxygen atoms in total. The molecule has 0 unspecified atom stereocenters. The van der Waals surface area contributed by atoms with E-state index < -0.39 is 23.8 Å². The van der Waals surface area contributed by atoms with Crippen LogP contribution >= 0.6 is 0 Å². The van der Waals surface area contributed by atoms with Gasteiger partial charge < -0.3 is 9.47 Å². The van der Waals surface area contributed by atoms with Crippen LogP contribution in [0.4, 0.5) is 0 Å². The summed E-state index contributed by atoms with van der Waals surface area (Å²) in [4.78, 5) is 25.9. The topological polar surface area (TPSA) is 80.6 Å². The zero-order valence-corrected chi connectivity index (χ0v) is 17.3. The van der Waals surface area contributed by atoms with Crippen LogP contribution in [0.3, 0.4) is 0 Å². The van der Waals surface area contributed by atoms with Gasteiger partial charge in [0.2, 0.25) is 0 Å². The molecule has 1 heterocycles. The monoisotopic (exact) mass is 407 g/mol. The molecule has 2 aromatic rings. The van der Waals surface area contributed by atoms with Crippen molar-refractivity contribution in [3.63, 3.8) is 0 Å². The Hall–Kier alpha value is -3.48. The van der Waals surface area contributed by atoms with Crippen molar-refractivity contribution in [2.45, 2.75) is 13.8 Å². The van der Waals surface area contributed by atoms with Gasteiger partial charge in [0.1, 0.15) is 0 Å². The summed E-state index contributed by atoms with van der Waals surface area (Å²) in [6.07, 6.45) is 0. The van der Waals surface area contributed by atoms with Crippen molar-refractivity contribution in [2.24, 2.45) is 22.0 Å². The van der Waals surface area contributed by atoms with Crippen LogP contribution in [0.25, 0.3) is 0 Å². The molecule has 0 bridgehead atoms. The molecule has 2 aromatic carbocycles. The van der Waals surface area contributed by atoms with Crippen LogP contribution in [0, 0.1) is 11.8 Å². The number of carbonyl (C=O) groups is 2. The predicted octanol–water partition coefficient (Wildman–Crippen LogP) is 3.10. The Morgan fingerprint density at radius 2 is 1.23 bits per heavy atom. The first-order chi connectivity index (χ1) is 14.6. The number of benzene rings is 2. The first-order valence-corrected chi connectivity index (χ1v) is 9.91. The number of nitrogens with zero attached hydrogens (tertiary/aromatic N) is 3. The Morgan fingerprint density at radius 1 is 0.833 bits per heavy atom. The van der Waals surface area contributed by atoms with Crippen molar-refractivity contribution in [1.82, 2.24) is 5.12 Å². The third kappa shape index (κ3) is 4.56. The summed E-state index contributed by atoms with van der Waals surface area (Å²) >= 11 is 0. The van der Waals surface area contributed by atoms with Crippen LogP contribution in [-0.4, -0.2) is 48.7 Å². The molecule has 1 aliphatic rings. The molecule has 0 N–H and O–H groups in total. The molecule has 0 saturated heterocycles. The second-order valence-corrected chi connectivity index (χ2v) is 6.65. The van der Waals surface area contributed by atoms with Crippen LogP contribution in [-0.2, 0) is 19.1 Å². The summed E-state index contributed by atoms with van der Waals surface area (Å²) in [6, 6.07) is 18.9. The number of hydrogen-bond donors (Lipinski definition) is 0. The van der Waals surface area contributed by atoms with Crippen LogP contribution in [0.1, 0.15) is 25.0 Å². The number of hydrogen-bond acceptors (Lipinski definition) is 7. The second kappa shape index (κ2) is 9.82. The average Bonchev–Trinajstić information content (AvgIpc) is 2.76. The Bertz CT molecular complexity index is 866. The number of ether oxygens (including phenoxy) is 2. The summed E-state index contributed by atoms with van der Waals surface area (Å²) < 4.78 is 10.5. The molecule has 0 aromatic heterocycles. The van der Waals surface area contributed by atoms with Gasteiger partial charge in [-0.2, -0.15) is 15.3 Å². The quantitative estimate of drug-likeness (QED) is 0.520. The van der Waals surface area contributed by atoms with E-state index in [1.54, 1.807) is 20.9 Å². The average molecular weight is 407 g/mol. The minimum absolute atomic E-state index is 0.150. The Balaban J connectivity index is 2.19. The van der Waals surface area contributed by atoms with Crippen molar-refractivity contribution in [1.29, 1.82) is 0 Å². The molecule has 0 saturated carbocycles. The van der Waals surface area contributed by atoms with E-state index >= 15 is 0 Å². The van der Waals surface area contributed by atoms with Crippen molar-refractivity contribution in [2.75, 3.05) is 20.3 Å². The SMILES string of the molecule is CCOC(=O)C(C(=O)OCC)C1C(c2ccccc2)=NN(C)N=C1c1ccccc1. The molecule has 156 valence electrons. The summed E-state index contributed by atoms with van der Waals surface area (Å²) in [5.74, 6) is -3.30. The van der Waals surface area contributed by atoms with Gasteiger partial charge in [0.15, 0.2) is 5.92 Å². The maximum absolute atomic E-state index is 12.9. The predicted molar refractivity (Wildman–Crippen MR) is 114 cm³/mol. The maximum atomic E-state index is 12.9. The van der Waals surface area contributed by atoms with Crippen molar-refractivity contribution >= 4 is 23.4 Å². The highest BCUT2D eigenvalue weighted by molar-refractivity contribution is 6.24. The number of carbonyl (C=O) groups excluding carboxylic acids is 2. The fraction of sp³-hybridized carbons (Fsp3) is 0.304. The van der Waals surface area contributed by atoms with E-state index in [9.17, 15) is 9.59 Å². The van der Waals surface area contributed by atoms with E-state index in [0.717, 1.165) is 11.1 Å². The van der Waals surface area contributed by atoms with E-state index in [-0.39, 0.29) is 13.2 Å². The zero-order valence-electron chi connectivity index (χ0n) is 17.3. The molecule has 1 aliphatic heterocycles. The lowest BCUT2D eigenvalue weighted by molar-refractivity contribution is -0.162. The van der Waals surface area contributed by atoms with E-state index in [2.05, 4.69) is 10.2 Å². The minimum atomic E-state index is -1.23. The molecule has 30 heavy (non-hydrogen) atoms. The first-order valence-electron chi connectivity index (χ1n) is 9.91. The Kier molecular flexibility index (Phi) is 6.95. The third-order valence-electron chi connectivity index (χ3n) is 4.65. The van der Waals surface area contributed by atoms with Crippen LogP contribution in [0.5, 0.6) is 0 Å². The van der Waals surface area contributed by atoms with E-state index in [0.29, 0.717) is 11.4 Å². The van der Waals surface area contributed by atoms with Gasteiger partial charge in [-0.15, -0.1) is 0 Å². The second-order valence-electron chi connectivity index (χ2n) is 6.65. The fourth-order valence-electron chi connectivity index (χ4n) is 3.43. The highest BCUT2D eigenvalue weighted by atomic mass is 16.6. The van der Waals surface area contributed by atoms with Gasteiger partial charge in [-0.1, -0.05) is 60.7 Å². The van der Waals surface area contributed by atoms with E-state index in [1.807, 2.05) is 60.7 Å². The largest absolute Gasteiger partial charge is 0.465 e. The molecule has 0 fully saturated rings. The zero-order chi connectivity index (χ0) is 21.5. The molecule has 7 heteroatoms. The molecule has 0 aliphatic carbocycles. The van der Waals surface area contributed by atoms with Gasteiger partial charge in [-0.05, 0) is 25.0 Å². The lowest BCUT2D eigenvalue weighted by Gasteiger charge is -2.31. The Labute approximate surface area is 176 Å². The van der Waals surface area contributed by atoms with Gasteiger partial charge in [0.05, 0.1) is 30.6 Å². The van der Waals surface area contributed by atoms with Crippen LogP contribution in [0.15, 0.2) is 70.9 Å². The van der Waals surface area contributed by atoms with Crippen molar-refractivity contribution in [3.05, 3.63) is 71.8 Å². The molecule has 0 radical (unpaired) electrons. The minimum Gasteiger partial charge on any atom is -0.465 e. The normalized spacial score (nSPS) is 14.2. The van der Waals surface area contributed by atoms with Crippen LogP contribution < -0.4 is 0 Å². The summed E-state index contributed by atoms with van der Waals surface area (Å²) in [7, 11) is 1.71. The fourth-order valence-corrected chi connectivity index (χ4v) is 3.43. The first kappa shape index (κ1) is 21.2. The molecule has 0 spiro atoms. The molecule has 0 amide bonds. The smallest absolute Gasteiger partial charge is 0.321 e. The highest BCUT2D eigenvalue weighted by Gasteiger charge is 2.45. The van der Waals surface area contributed by atoms with Gasteiger partial charge >= 0.3 is 11.9 Å². The maximum Gasteiger partial charge on any atom is 0.321 e. The molecule has 3 rings (SSSR count). The van der Waals surface area contributed by atoms with Gasteiger partial charge in [0, 0.05) is 7.05 Å². The summed E-state index contributed by atoms with van der Waals surface area (Å²) in [6.45, 7) is 3.70. The number of rotatable bonds is 7. The van der Waals surface area contributed by atoms with Crippen molar-refractivity contribution < 1.29 is 19.1 Å². The van der Waals surface area contributed by atoms with Gasteiger partial charge in [-0.3, -0.25) is 9.59 Å². The highest BCUT2D eigenvalue weighted by Crippen LogP contribution is 2.30. The van der Waals surface area contributed by atoms with Crippen LogP contribution in [0.2, 0.25) is 0 Å². The number of esters is 2. The molecular weight excluding hydrogens is 382 g/mol.